The fraction of sp³-hybridized carbons (Fsp3) is 0.700. The lowest BCUT2D eigenvalue weighted by Gasteiger charge is -2.22. The second-order valence-electron chi connectivity index (χ2n) is 6.66. The lowest BCUT2D eigenvalue weighted by molar-refractivity contribution is 0.0299. The molecule has 2 aliphatic heterocycles. The molecule has 27 heavy (non-hydrogen) atoms. The molecule has 0 N–H and O–H groups in total. The first-order valence-corrected chi connectivity index (χ1v) is 9.94. The first kappa shape index (κ1) is 20.4. The molecular weight excluding hydrogens is 348 g/mol. The Morgan fingerprint density at radius 3 is 1.30 bits per heavy atom. The highest BCUT2D eigenvalue weighted by atomic mass is 16.5. The summed E-state index contributed by atoms with van der Waals surface area (Å²) in [4.78, 5) is 4.64. The first-order chi connectivity index (χ1) is 13.4. The maximum atomic E-state index is 6.00. The summed E-state index contributed by atoms with van der Waals surface area (Å²) in [5.74, 6) is 1.60. The van der Waals surface area contributed by atoms with Crippen LogP contribution >= 0.6 is 0 Å². The molecule has 2 atom stereocenters. The molecular formula is C20H32N2O5. The fourth-order valence-corrected chi connectivity index (χ4v) is 3.13. The summed E-state index contributed by atoms with van der Waals surface area (Å²) in [5, 5.41) is 0. The third kappa shape index (κ3) is 7.63. The van der Waals surface area contributed by atoms with Crippen LogP contribution in [-0.2, 0) is 14.2 Å². The molecule has 7 heteroatoms. The number of para-hydroxylation sites is 2. The van der Waals surface area contributed by atoms with Crippen LogP contribution in [-0.4, -0.2) is 102 Å². The standard InChI is InChI=1S/C20H32N2O5/c1-2-4-20-19(3-1)26-15-9-21-5-11-23-12-6-22(10-16-27-20)8-14-25-18-17-24-13-7-21/h1-4H,5-18H2. The van der Waals surface area contributed by atoms with Crippen molar-refractivity contribution < 1.29 is 23.7 Å². The van der Waals surface area contributed by atoms with Gasteiger partial charge in [0.05, 0.1) is 39.6 Å². The van der Waals surface area contributed by atoms with E-state index in [1.807, 2.05) is 24.3 Å². The normalized spacial score (nSPS) is 26.8. The highest BCUT2D eigenvalue weighted by Crippen LogP contribution is 2.26. The Balaban J connectivity index is 1.69. The molecule has 0 radical (unpaired) electrons. The SMILES string of the molecule is c1ccc2c(c1)OCCN1CCOCCOCCN(CCOCC1)CCO2. The Morgan fingerprint density at radius 2 is 0.852 bits per heavy atom. The molecule has 2 unspecified atom stereocenters. The third-order valence-corrected chi connectivity index (χ3v) is 4.76. The minimum Gasteiger partial charge on any atom is -0.488 e. The highest BCUT2D eigenvalue weighted by Gasteiger charge is 2.12. The fourth-order valence-electron chi connectivity index (χ4n) is 3.13. The summed E-state index contributed by atoms with van der Waals surface area (Å²) in [6.45, 7) is 10.4. The summed E-state index contributed by atoms with van der Waals surface area (Å²) < 4.78 is 29.3. The summed E-state index contributed by atoms with van der Waals surface area (Å²) in [5.41, 5.74) is 0. The van der Waals surface area contributed by atoms with Crippen LogP contribution in [0.1, 0.15) is 0 Å². The zero-order chi connectivity index (χ0) is 18.6. The first-order valence-electron chi connectivity index (χ1n) is 9.94. The Kier molecular flexibility index (Phi) is 9.16. The maximum Gasteiger partial charge on any atom is 0.161 e. The van der Waals surface area contributed by atoms with Gasteiger partial charge >= 0.3 is 0 Å². The average Bonchev–Trinajstić information content (AvgIpc) is 2.70. The second kappa shape index (κ2) is 12.2. The van der Waals surface area contributed by atoms with Crippen LogP contribution < -0.4 is 9.47 Å². The van der Waals surface area contributed by atoms with Crippen molar-refractivity contribution in [3.05, 3.63) is 24.3 Å². The molecule has 0 spiro atoms. The van der Waals surface area contributed by atoms with Gasteiger partial charge in [0.15, 0.2) is 11.5 Å². The average molecular weight is 380 g/mol. The van der Waals surface area contributed by atoms with Gasteiger partial charge in [-0.1, -0.05) is 12.1 Å². The van der Waals surface area contributed by atoms with Gasteiger partial charge in [0.1, 0.15) is 13.2 Å². The Labute approximate surface area is 162 Å². The summed E-state index contributed by atoms with van der Waals surface area (Å²) in [6, 6.07) is 7.89. The van der Waals surface area contributed by atoms with Crippen LogP contribution in [0.25, 0.3) is 0 Å². The molecule has 1 saturated heterocycles. The van der Waals surface area contributed by atoms with E-state index >= 15 is 0 Å². The van der Waals surface area contributed by atoms with E-state index < -0.39 is 0 Å². The number of hydrogen-bond donors (Lipinski definition) is 0. The van der Waals surface area contributed by atoms with Crippen molar-refractivity contribution in [1.82, 2.24) is 9.80 Å². The van der Waals surface area contributed by atoms with E-state index in [0.29, 0.717) is 39.6 Å². The lowest BCUT2D eigenvalue weighted by Crippen LogP contribution is -2.36. The molecule has 0 aromatic heterocycles. The monoisotopic (exact) mass is 380 g/mol. The van der Waals surface area contributed by atoms with Gasteiger partial charge in [0.2, 0.25) is 0 Å². The summed E-state index contributed by atoms with van der Waals surface area (Å²) in [7, 11) is 0. The van der Waals surface area contributed by atoms with Gasteiger partial charge in [-0.05, 0) is 12.1 Å². The van der Waals surface area contributed by atoms with Gasteiger partial charge < -0.3 is 23.7 Å². The zero-order valence-electron chi connectivity index (χ0n) is 16.1. The molecule has 0 saturated carbocycles. The summed E-state index contributed by atoms with van der Waals surface area (Å²) in [6.07, 6.45) is 0. The predicted molar refractivity (Wildman–Crippen MR) is 103 cm³/mol. The topological polar surface area (TPSA) is 52.6 Å². The number of ether oxygens (including phenoxy) is 5. The van der Waals surface area contributed by atoms with Gasteiger partial charge in [0.25, 0.3) is 0 Å². The van der Waals surface area contributed by atoms with Gasteiger partial charge in [0, 0.05) is 39.3 Å². The van der Waals surface area contributed by atoms with Crippen LogP contribution in [0.5, 0.6) is 11.5 Å². The molecule has 1 aromatic carbocycles. The minimum absolute atomic E-state index is 0.607. The van der Waals surface area contributed by atoms with Gasteiger partial charge in [-0.3, -0.25) is 9.80 Å². The number of hydrogen-bond acceptors (Lipinski definition) is 7. The van der Waals surface area contributed by atoms with Crippen molar-refractivity contribution in [3.63, 3.8) is 0 Å². The van der Waals surface area contributed by atoms with Crippen molar-refractivity contribution in [2.24, 2.45) is 0 Å². The minimum atomic E-state index is 0.607. The molecule has 2 bridgehead atoms. The van der Waals surface area contributed by atoms with E-state index in [1.54, 1.807) is 0 Å². The van der Waals surface area contributed by atoms with Crippen molar-refractivity contribution in [1.29, 1.82) is 0 Å². The molecule has 2 heterocycles. The van der Waals surface area contributed by atoms with Crippen molar-refractivity contribution in [3.8, 4) is 11.5 Å². The number of fused-ring (bicyclic) bond motifs is 7. The smallest absolute Gasteiger partial charge is 0.161 e. The molecule has 0 amide bonds. The number of nitrogens with zero attached hydrogens (tertiary/aromatic N) is 2. The number of rotatable bonds is 0. The van der Waals surface area contributed by atoms with Gasteiger partial charge in [-0.2, -0.15) is 0 Å². The van der Waals surface area contributed by atoms with Crippen LogP contribution in [0.3, 0.4) is 0 Å². The molecule has 2 aliphatic rings. The van der Waals surface area contributed by atoms with E-state index in [-0.39, 0.29) is 0 Å². The molecule has 152 valence electrons. The molecule has 1 fully saturated rings. The van der Waals surface area contributed by atoms with Gasteiger partial charge in [-0.25, -0.2) is 0 Å². The van der Waals surface area contributed by atoms with Crippen molar-refractivity contribution in [2.75, 3.05) is 92.1 Å². The van der Waals surface area contributed by atoms with E-state index in [0.717, 1.165) is 64.0 Å². The second-order valence-corrected chi connectivity index (χ2v) is 6.66. The van der Waals surface area contributed by atoms with Crippen LogP contribution in [0.15, 0.2) is 24.3 Å². The Hall–Kier alpha value is -1.38. The molecule has 1 aromatic rings. The van der Waals surface area contributed by atoms with Crippen LogP contribution in [0.2, 0.25) is 0 Å². The largest absolute Gasteiger partial charge is 0.488 e. The van der Waals surface area contributed by atoms with Crippen molar-refractivity contribution in [2.45, 2.75) is 0 Å². The van der Waals surface area contributed by atoms with Crippen molar-refractivity contribution >= 4 is 0 Å². The van der Waals surface area contributed by atoms with Crippen LogP contribution in [0, 0.1) is 0 Å². The molecule has 7 nitrogen and oxygen atoms in total. The Bertz CT molecular complexity index is 486. The Morgan fingerprint density at radius 1 is 0.481 bits per heavy atom. The maximum absolute atomic E-state index is 6.00. The quantitative estimate of drug-likeness (QED) is 0.625. The zero-order valence-corrected chi connectivity index (χ0v) is 16.1. The molecule has 0 aliphatic carbocycles. The van der Waals surface area contributed by atoms with E-state index in [4.69, 9.17) is 23.7 Å². The lowest BCUT2D eigenvalue weighted by atomic mass is 10.3. The van der Waals surface area contributed by atoms with Crippen LogP contribution in [0.4, 0.5) is 0 Å². The predicted octanol–water partition coefficient (Wildman–Crippen LogP) is 1.13. The van der Waals surface area contributed by atoms with E-state index in [2.05, 4.69) is 9.80 Å². The summed E-state index contributed by atoms with van der Waals surface area (Å²) >= 11 is 0. The van der Waals surface area contributed by atoms with E-state index in [9.17, 15) is 0 Å². The third-order valence-electron chi connectivity index (χ3n) is 4.76. The highest BCUT2D eigenvalue weighted by molar-refractivity contribution is 5.39. The molecule has 3 rings (SSSR count). The van der Waals surface area contributed by atoms with Gasteiger partial charge in [-0.15, -0.1) is 0 Å². The van der Waals surface area contributed by atoms with E-state index in [1.165, 1.54) is 0 Å². The number of benzene rings is 1.